The first-order chi connectivity index (χ1) is 12.1. The van der Waals surface area contributed by atoms with Crippen molar-refractivity contribution in [1.29, 1.82) is 0 Å². The summed E-state index contributed by atoms with van der Waals surface area (Å²) < 4.78 is 5.91. The minimum atomic E-state index is -0.825. The van der Waals surface area contributed by atoms with Crippen LogP contribution in [0.2, 0.25) is 0 Å². The first-order valence-corrected chi connectivity index (χ1v) is 8.62. The molecule has 2 saturated heterocycles. The van der Waals surface area contributed by atoms with Gasteiger partial charge in [-0.3, -0.25) is 15.0 Å². The molecule has 3 atom stereocenters. The van der Waals surface area contributed by atoms with Crippen molar-refractivity contribution in [1.82, 2.24) is 15.8 Å². The number of hydrazine groups is 1. The van der Waals surface area contributed by atoms with Gasteiger partial charge in [0.15, 0.2) is 0 Å². The van der Waals surface area contributed by atoms with Crippen molar-refractivity contribution >= 4 is 22.8 Å². The molecule has 7 nitrogen and oxygen atoms in total. The molecule has 0 spiro atoms. The van der Waals surface area contributed by atoms with E-state index in [2.05, 4.69) is 10.9 Å². The number of rotatable bonds is 3. The fourth-order valence-corrected chi connectivity index (χ4v) is 3.77. The average Bonchev–Trinajstić information content (AvgIpc) is 3.27. The van der Waals surface area contributed by atoms with Crippen LogP contribution in [0.1, 0.15) is 24.6 Å². The number of piperidine rings is 1. The molecule has 1 aromatic carbocycles. The number of carboxylic acids is 1. The minimum Gasteiger partial charge on any atom is -0.481 e. The van der Waals surface area contributed by atoms with Gasteiger partial charge in [-0.05, 0) is 25.0 Å². The third kappa shape index (κ3) is 3.01. The Balaban J connectivity index is 1.54. The lowest BCUT2D eigenvalue weighted by Crippen LogP contribution is -2.46. The van der Waals surface area contributed by atoms with Crippen LogP contribution in [0, 0.1) is 11.8 Å². The highest BCUT2D eigenvalue weighted by atomic mass is 16.4. The largest absolute Gasteiger partial charge is 0.481 e. The molecule has 1 amide bonds. The standard InChI is InChI=1S/C18H21N3O4/c22-17(21-7-3-5-12(10-21)18(23)24)13-9-19-20-16(13)15-8-11-4-1-2-6-14(11)25-15/h1-2,4,6,8,12-13,16,19-20H,3,5,7,9-10H2,(H,23,24). The Labute approximate surface area is 144 Å². The predicted octanol–water partition coefficient (Wildman–Crippen LogP) is 1.52. The molecule has 0 radical (unpaired) electrons. The van der Waals surface area contributed by atoms with Gasteiger partial charge in [0.25, 0.3) is 0 Å². The van der Waals surface area contributed by atoms with Crippen LogP contribution in [0.5, 0.6) is 0 Å². The molecule has 3 unspecified atom stereocenters. The number of carbonyl (C=O) groups excluding carboxylic acids is 1. The molecule has 2 fully saturated rings. The zero-order valence-electron chi connectivity index (χ0n) is 13.8. The maximum Gasteiger partial charge on any atom is 0.308 e. The van der Waals surface area contributed by atoms with Gasteiger partial charge in [-0.25, -0.2) is 5.43 Å². The van der Waals surface area contributed by atoms with Gasteiger partial charge in [-0.15, -0.1) is 0 Å². The number of benzene rings is 1. The second-order valence-corrected chi connectivity index (χ2v) is 6.76. The molecule has 3 heterocycles. The number of hydrogen-bond donors (Lipinski definition) is 3. The van der Waals surface area contributed by atoms with Gasteiger partial charge in [-0.1, -0.05) is 18.2 Å². The summed E-state index contributed by atoms with van der Waals surface area (Å²) in [6.45, 7) is 1.40. The van der Waals surface area contributed by atoms with Crippen molar-refractivity contribution in [3.05, 3.63) is 36.1 Å². The van der Waals surface area contributed by atoms with E-state index in [0.717, 1.165) is 23.2 Å². The molecule has 4 rings (SSSR count). The molecule has 0 saturated carbocycles. The third-order valence-corrected chi connectivity index (χ3v) is 5.13. The summed E-state index contributed by atoms with van der Waals surface area (Å²) in [5.41, 5.74) is 6.97. The Morgan fingerprint density at radius 2 is 2.12 bits per heavy atom. The number of carbonyl (C=O) groups is 2. The van der Waals surface area contributed by atoms with Crippen LogP contribution in [0.15, 0.2) is 34.7 Å². The lowest BCUT2D eigenvalue weighted by Gasteiger charge is -2.33. The maximum absolute atomic E-state index is 13.0. The lowest BCUT2D eigenvalue weighted by atomic mass is 9.94. The lowest BCUT2D eigenvalue weighted by molar-refractivity contribution is -0.146. The van der Waals surface area contributed by atoms with E-state index in [9.17, 15) is 14.7 Å². The highest BCUT2D eigenvalue weighted by Gasteiger charge is 2.40. The van der Waals surface area contributed by atoms with Gasteiger partial charge in [-0.2, -0.15) is 0 Å². The predicted molar refractivity (Wildman–Crippen MR) is 90.5 cm³/mol. The summed E-state index contributed by atoms with van der Waals surface area (Å²) in [6, 6.07) is 9.44. The molecular weight excluding hydrogens is 322 g/mol. The van der Waals surface area contributed by atoms with Gasteiger partial charge in [0.1, 0.15) is 11.3 Å². The molecule has 132 valence electrons. The van der Waals surface area contributed by atoms with E-state index in [-0.39, 0.29) is 24.4 Å². The fraction of sp³-hybridized carbons (Fsp3) is 0.444. The Morgan fingerprint density at radius 3 is 2.92 bits per heavy atom. The molecule has 0 aliphatic carbocycles. The monoisotopic (exact) mass is 343 g/mol. The number of amides is 1. The van der Waals surface area contributed by atoms with Gasteiger partial charge in [0, 0.05) is 25.0 Å². The second-order valence-electron chi connectivity index (χ2n) is 6.76. The summed E-state index contributed by atoms with van der Waals surface area (Å²) in [5.74, 6) is -0.906. The Bertz CT molecular complexity index is 769. The van der Waals surface area contributed by atoms with E-state index in [1.54, 1.807) is 4.90 Å². The molecule has 25 heavy (non-hydrogen) atoms. The number of likely N-dealkylation sites (tertiary alicyclic amines) is 1. The fourth-order valence-electron chi connectivity index (χ4n) is 3.77. The summed E-state index contributed by atoms with van der Waals surface area (Å²) >= 11 is 0. The van der Waals surface area contributed by atoms with Crippen molar-refractivity contribution in [2.45, 2.75) is 18.9 Å². The molecular formula is C18H21N3O4. The van der Waals surface area contributed by atoms with E-state index in [1.165, 1.54) is 0 Å². The molecule has 2 aliphatic heterocycles. The van der Waals surface area contributed by atoms with Crippen molar-refractivity contribution in [2.75, 3.05) is 19.6 Å². The number of aliphatic carboxylic acids is 1. The van der Waals surface area contributed by atoms with Crippen molar-refractivity contribution in [2.24, 2.45) is 11.8 Å². The first-order valence-electron chi connectivity index (χ1n) is 8.62. The summed E-state index contributed by atoms with van der Waals surface area (Å²) in [7, 11) is 0. The number of nitrogens with one attached hydrogen (secondary N) is 2. The third-order valence-electron chi connectivity index (χ3n) is 5.13. The van der Waals surface area contributed by atoms with Gasteiger partial charge >= 0.3 is 5.97 Å². The molecule has 2 aliphatic rings. The highest BCUT2D eigenvalue weighted by molar-refractivity contribution is 5.82. The van der Waals surface area contributed by atoms with Crippen LogP contribution < -0.4 is 10.9 Å². The SMILES string of the molecule is O=C(O)C1CCCN(C(=O)C2CNNC2c2cc3ccccc3o2)C1. The van der Waals surface area contributed by atoms with Crippen LogP contribution in [0.4, 0.5) is 0 Å². The first kappa shape index (κ1) is 16.1. The number of para-hydroxylation sites is 1. The topological polar surface area (TPSA) is 94.8 Å². The Hall–Kier alpha value is -2.38. The van der Waals surface area contributed by atoms with Crippen molar-refractivity contribution in [3.63, 3.8) is 0 Å². The van der Waals surface area contributed by atoms with Crippen LogP contribution in [0.25, 0.3) is 11.0 Å². The quantitative estimate of drug-likeness (QED) is 0.782. The number of fused-ring (bicyclic) bond motifs is 1. The smallest absolute Gasteiger partial charge is 0.308 e. The number of carboxylic acid groups (broad SMARTS) is 1. The molecule has 2 aromatic rings. The maximum atomic E-state index is 13.0. The summed E-state index contributed by atoms with van der Waals surface area (Å²) in [5, 5.41) is 10.2. The van der Waals surface area contributed by atoms with Gasteiger partial charge < -0.3 is 14.4 Å². The van der Waals surface area contributed by atoms with Crippen LogP contribution in [-0.4, -0.2) is 41.5 Å². The average molecular weight is 343 g/mol. The minimum absolute atomic E-state index is 0.0195. The van der Waals surface area contributed by atoms with E-state index in [4.69, 9.17) is 4.42 Å². The summed E-state index contributed by atoms with van der Waals surface area (Å²) in [4.78, 5) is 25.9. The van der Waals surface area contributed by atoms with Gasteiger partial charge in [0.05, 0.1) is 17.9 Å². The van der Waals surface area contributed by atoms with Crippen LogP contribution >= 0.6 is 0 Å². The van der Waals surface area contributed by atoms with Crippen LogP contribution in [0.3, 0.4) is 0 Å². The molecule has 7 heteroatoms. The van der Waals surface area contributed by atoms with E-state index >= 15 is 0 Å². The Kier molecular flexibility index (Phi) is 4.19. The molecule has 0 bridgehead atoms. The molecule has 3 N–H and O–H groups in total. The summed E-state index contributed by atoms with van der Waals surface area (Å²) in [6.07, 6.45) is 1.36. The van der Waals surface area contributed by atoms with E-state index < -0.39 is 11.9 Å². The second kappa shape index (κ2) is 6.50. The van der Waals surface area contributed by atoms with E-state index in [0.29, 0.717) is 19.5 Å². The van der Waals surface area contributed by atoms with Crippen LogP contribution in [-0.2, 0) is 9.59 Å². The molecule has 1 aromatic heterocycles. The zero-order valence-corrected chi connectivity index (χ0v) is 13.8. The van der Waals surface area contributed by atoms with Crippen molar-refractivity contribution < 1.29 is 19.1 Å². The van der Waals surface area contributed by atoms with Gasteiger partial charge in [0.2, 0.25) is 5.91 Å². The normalized spacial score (nSPS) is 26.9. The van der Waals surface area contributed by atoms with E-state index in [1.807, 2.05) is 30.3 Å². The number of hydrogen-bond acceptors (Lipinski definition) is 5. The highest BCUT2D eigenvalue weighted by Crippen LogP contribution is 2.32. The Morgan fingerprint density at radius 1 is 1.28 bits per heavy atom. The van der Waals surface area contributed by atoms with Crippen molar-refractivity contribution in [3.8, 4) is 0 Å². The number of nitrogens with zero attached hydrogens (tertiary/aromatic N) is 1. The number of furan rings is 1. The zero-order chi connectivity index (χ0) is 17.4.